The minimum atomic E-state index is -0.275. The van der Waals surface area contributed by atoms with Crippen molar-refractivity contribution < 1.29 is 8.91 Å². The van der Waals surface area contributed by atoms with Gasteiger partial charge in [-0.15, -0.1) is 0 Å². The third kappa shape index (κ3) is 2.56. The fourth-order valence-corrected chi connectivity index (χ4v) is 1.81. The molecule has 0 aliphatic heterocycles. The Morgan fingerprint density at radius 2 is 2.22 bits per heavy atom. The number of hydrogen-bond acceptors (Lipinski definition) is 4. The zero-order valence-corrected chi connectivity index (χ0v) is 10.5. The van der Waals surface area contributed by atoms with Crippen LogP contribution in [0.4, 0.5) is 4.39 Å². The lowest BCUT2D eigenvalue weighted by molar-refractivity contribution is 0.348. The summed E-state index contributed by atoms with van der Waals surface area (Å²) in [6, 6.07) is 4.23. The molecule has 0 spiro atoms. The minimum absolute atomic E-state index is 0.239. The second-order valence-electron chi connectivity index (χ2n) is 4.31. The summed E-state index contributed by atoms with van der Waals surface area (Å²) in [7, 11) is 0. The third-order valence-electron chi connectivity index (χ3n) is 2.79. The average molecular weight is 249 g/mol. The van der Waals surface area contributed by atoms with Crippen LogP contribution >= 0.6 is 0 Å². The number of rotatable bonds is 4. The molecule has 1 atom stereocenters. The zero-order chi connectivity index (χ0) is 13.1. The van der Waals surface area contributed by atoms with Crippen molar-refractivity contribution in [1.82, 2.24) is 10.1 Å². The Labute approximate surface area is 105 Å². The van der Waals surface area contributed by atoms with Crippen molar-refractivity contribution in [2.45, 2.75) is 32.7 Å². The van der Waals surface area contributed by atoms with Crippen LogP contribution in [0.2, 0.25) is 0 Å². The van der Waals surface area contributed by atoms with Crippen LogP contribution in [0.5, 0.6) is 0 Å². The molecule has 0 saturated heterocycles. The molecule has 0 unspecified atom stereocenters. The van der Waals surface area contributed by atoms with Gasteiger partial charge in [-0.3, -0.25) is 0 Å². The summed E-state index contributed by atoms with van der Waals surface area (Å²) in [5, 5.41) is 3.89. The number of hydrogen-bond donors (Lipinski definition) is 1. The molecule has 2 aromatic rings. The summed E-state index contributed by atoms with van der Waals surface area (Å²) in [6.45, 7) is 3.85. The highest BCUT2D eigenvalue weighted by molar-refractivity contribution is 5.59. The molecule has 0 amide bonds. The first kappa shape index (κ1) is 12.7. The van der Waals surface area contributed by atoms with E-state index in [1.807, 2.05) is 6.92 Å². The maximum atomic E-state index is 13.0. The van der Waals surface area contributed by atoms with Crippen molar-refractivity contribution in [3.8, 4) is 11.4 Å². The molecule has 1 aromatic carbocycles. The number of benzene rings is 1. The van der Waals surface area contributed by atoms with Crippen LogP contribution in [-0.2, 0) is 0 Å². The van der Waals surface area contributed by atoms with E-state index < -0.39 is 0 Å². The van der Waals surface area contributed by atoms with Crippen molar-refractivity contribution in [1.29, 1.82) is 0 Å². The molecule has 0 aliphatic rings. The summed E-state index contributed by atoms with van der Waals surface area (Å²) in [5.74, 6) is 0.604. The SMILES string of the molecule is CCC[C@H](N)c1nc(-c2ccc(F)cc2C)no1. The maximum Gasteiger partial charge on any atom is 0.243 e. The largest absolute Gasteiger partial charge is 0.337 e. The molecule has 1 heterocycles. The van der Waals surface area contributed by atoms with Crippen LogP contribution in [0.3, 0.4) is 0 Å². The van der Waals surface area contributed by atoms with Gasteiger partial charge in [0.1, 0.15) is 5.82 Å². The highest BCUT2D eigenvalue weighted by atomic mass is 19.1. The van der Waals surface area contributed by atoms with E-state index in [1.54, 1.807) is 13.0 Å². The van der Waals surface area contributed by atoms with E-state index in [9.17, 15) is 4.39 Å². The normalized spacial score (nSPS) is 12.7. The Bertz CT molecular complexity index is 539. The van der Waals surface area contributed by atoms with E-state index in [4.69, 9.17) is 10.3 Å². The van der Waals surface area contributed by atoms with Crippen LogP contribution in [0.1, 0.15) is 37.3 Å². The van der Waals surface area contributed by atoms with Crippen molar-refractivity contribution in [3.05, 3.63) is 35.5 Å². The molecule has 1 aromatic heterocycles. The molecule has 2 rings (SSSR count). The standard InChI is InChI=1S/C13H16FN3O/c1-3-4-11(15)13-16-12(17-18-13)10-6-5-9(14)7-8(10)2/h5-7,11H,3-4,15H2,1-2H3/t11-/m0/s1. The Morgan fingerprint density at radius 1 is 1.44 bits per heavy atom. The van der Waals surface area contributed by atoms with Gasteiger partial charge in [0.25, 0.3) is 0 Å². The van der Waals surface area contributed by atoms with E-state index in [0.717, 1.165) is 24.0 Å². The van der Waals surface area contributed by atoms with Gasteiger partial charge in [-0.2, -0.15) is 4.98 Å². The molecule has 0 bridgehead atoms. The molecule has 0 fully saturated rings. The van der Waals surface area contributed by atoms with E-state index in [2.05, 4.69) is 10.1 Å². The van der Waals surface area contributed by atoms with Crippen molar-refractivity contribution in [2.75, 3.05) is 0 Å². The number of aryl methyl sites for hydroxylation is 1. The van der Waals surface area contributed by atoms with Gasteiger partial charge in [0.05, 0.1) is 6.04 Å². The lowest BCUT2D eigenvalue weighted by Crippen LogP contribution is -2.09. The van der Waals surface area contributed by atoms with Crippen LogP contribution in [0, 0.1) is 12.7 Å². The van der Waals surface area contributed by atoms with E-state index in [0.29, 0.717) is 11.7 Å². The average Bonchev–Trinajstić information content (AvgIpc) is 2.78. The number of nitrogens with two attached hydrogens (primary N) is 1. The van der Waals surface area contributed by atoms with Crippen LogP contribution in [0.15, 0.2) is 22.7 Å². The van der Waals surface area contributed by atoms with Gasteiger partial charge in [-0.25, -0.2) is 4.39 Å². The monoisotopic (exact) mass is 249 g/mol. The Kier molecular flexibility index (Phi) is 3.72. The highest BCUT2D eigenvalue weighted by Crippen LogP contribution is 2.23. The smallest absolute Gasteiger partial charge is 0.243 e. The van der Waals surface area contributed by atoms with Gasteiger partial charge in [-0.1, -0.05) is 18.5 Å². The minimum Gasteiger partial charge on any atom is -0.337 e. The quantitative estimate of drug-likeness (QED) is 0.904. The molecule has 0 saturated carbocycles. The molecule has 5 heteroatoms. The Balaban J connectivity index is 2.29. The summed E-state index contributed by atoms with van der Waals surface area (Å²) in [4.78, 5) is 4.26. The second-order valence-corrected chi connectivity index (χ2v) is 4.31. The highest BCUT2D eigenvalue weighted by Gasteiger charge is 2.16. The van der Waals surface area contributed by atoms with Gasteiger partial charge in [0.2, 0.25) is 11.7 Å². The van der Waals surface area contributed by atoms with E-state index in [-0.39, 0.29) is 11.9 Å². The fourth-order valence-electron chi connectivity index (χ4n) is 1.81. The molecule has 0 radical (unpaired) electrons. The molecule has 2 N–H and O–H groups in total. The van der Waals surface area contributed by atoms with Crippen molar-refractivity contribution >= 4 is 0 Å². The Hall–Kier alpha value is -1.75. The lowest BCUT2D eigenvalue weighted by atomic mass is 10.1. The lowest BCUT2D eigenvalue weighted by Gasteiger charge is -2.02. The number of nitrogens with zero attached hydrogens (tertiary/aromatic N) is 2. The van der Waals surface area contributed by atoms with Gasteiger partial charge in [0, 0.05) is 5.56 Å². The number of aromatic nitrogens is 2. The van der Waals surface area contributed by atoms with Gasteiger partial charge in [0.15, 0.2) is 0 Å². The van der Waals surface area contributed by atoms with Crippen LogP contribution < -0.4 is 5.73 Å². The predicted octanol–water partition coefficient (Wildman–Crippen LogP) is 2.98. The van der Waals surface area contributed by atoms with E-state index in [1.165, 1.54) is 12.1 Å². The maximum absolute atomic E-state index is 13.0. The molecule has 4 nitrogen and oxygen atoms in total. The predicted molar refractivity (Wildman–Crippen MR) is 66.3 cm³/mol. The van der Waals surface area contributed by atoms with Crippen LogP contribution in [-0.4, -0.2) is 10.1 Å². The number of halogens is 1. The van der Waals surface area contributed by atoms with Crippen molar-refractivity contribution in [3.63, 3.8) is 0 Å². The van der Waals surface area contributed by atoms with Gasteiger partial charge < -0.3 is 10.3 Å². The van der Waals surface area contributed by atoms with Gasteiger partial charge in [-0.05, 0) is 37.1 Å². The third-order valence-corrected chi connectivity index (χ3v) is 2.79. The van der Waals surface area contributed by atoms with E-state index >= 15 is 0 Å². The molecule has 96 valence electrons. The van der Waals surface area contributed by atoms with Crippen molar-refractivity contribution in [2.24, 2.45) is 5.73 Å². The topological polar surface area (TPSA) is 64.9 Å². The summed E-state index contributed by atoms with van der Waals surface area (Å²) in [6.07, 6.45) is 1.75. The summed E-state index contributed by atoms with van der Waals surface area (Å²) < 4.78 is 18.2. The molecular weight excluding hydrogens is 233 g/mol. The fraction of sp³-hybridized carbons (Fsp3) is 0.385. The molecule has 0 aliphatic carbocycles. The Morgan fingerprint density at radius 3 is 2.89 bits per heavy atom. The first-order valence-corrected chi connectivity index (χ1v) is 5.97. The van der Waals surface area contributed by atoms with Crippen LogP contribution in [0.25, 0.3) is 11.4 Å². The van der Waals surface area contributed by atoms with Gasteiger partial charge >= 0.3 is 0 Å². The second kappa shape index (κ2) is 5.27. The summed E-state index contributed by atoms with van der Waals surface area (Å²) >= 11 is 0. The molecular formula is C13H16FN3O. The first-order chi connectivity index (χ1) is 8.61. The summed E-state index contributed by atoms with van der Waals surface area (Å²) in [5.41, 5.74) is 7.43. The first-order valence-electron chi connectivity index (χ1n) is 5.97. The molecule has 18 heavy (non-hydrogen) atoms. The zero-order valence-electron chi connectivity index (χ0n) is 10.5.